The molecule has 0 spiro atoms. The van der Waals surface area contributed by atoms with E-state index < -0.39 is 108 Å². The van der Waals surface area contributed by atoms with Gasteiger partial charge >= 0.3 is 0 Å². The molecule has 24 heteroatoms. The van der Waals surface area contributed by atoms with E-state index in [2.05, 4.69) is 67.5 Å². The maximum atomic E-state index is 14.6. The second-order valence-electron chi connectivity index (χ2n) is 17.1. The Bertz CT molecular complexity index is 2460. The number of hydrogen-bond acceptors (Lipinski definition) is 15. The number of nitrogens with one attached hydrogen (secondary N) is 8. The predicted molar refractivity (Wildman–Crippen MR) is 274 cm³/mol. The molecule has 4 rings (SSSR count). The van der Waals surface area contributed by atoms with Crippen LogP contribution in [0.25, 0.3) is 10.9 Å². The minimum Gasteiger partial charge on any atom is -0.508 e. The highest BCUT2D eigenvalue weighted by molar-refractivity contribution is 7.80. The molecule has 0 saturated carbocycles. The fourth-order valence-electron chi connectivity index (χ4n) is 7.43. The number of thiol groups is 2. The Balaban J connectivity index is 1.61. The van der Waals surface area contributed by atoms with E-state index in [-0.39, 0.29) is 49.5 Å². The summed E-state index contributed by atoms with van der Waals surface area (Å²) in [5, 5.41) is 48.5. The van der Waals surface area contributed by atoms with Gasteiger partial charge in [0.15, 0.2) is 0 Å². The number of phenolic OH excluding ortho intramolecular Hbond substituents is 1. The van der Waals surface area contributed by atoms with Gasteiger partial charge in [-0.25, -0.2) is 0 Å². The van der Waals surface area contributed by atoms with E-state index in [1.807, 2.05) is 12.1 Å². The van der Waals surface area contributed by atoms with Gasteiger partial charge in [-0.05, 0) is 74.0 Å². The van der Waals surface area contributed by atoms with Crippen LogP contribution in [0, 0.1) is 0 Å². The van der Waals surface area contributed by atoms with Gasteiger partial charge in [0.1, 0.15) is 48.0 Å². The number of unbranched alkanes of at least 4 members (excludes halogenated alkanes) is 1. The van der Waals surface area contributed by atoms with Crippen molar-refractivity contribution in [1.29, 1.82) is 0 Å². The molecule has 4 aromatic rings. The van der Waals surface area contributed by atoms with E-state index in [9.17, 15) is 53.7 Å². The highest BCUT2D eigenvalue weighted by Crippen LogP contribution is 2.20. The molecule has 0 aliphatic carbocycles. The molecule has 9 unspecified atom stereocenters. The number of carbonyl (C=O) groups is 8. The number of H-pyrrole nitrogens is 1. The van der Waals surface area contributed by atoms with Crippen LogP contribution in [0.2, 0.25) is 0 Å². The van der Waals surface area contributed by atoms with Gasteiger partial charge in [0.25, 0.3) is 0 Å². The van der Waals surface area contributed by atoms with Crippen LogP contribution in [-0.2, 0) is 57.6 Å². The lowest BCUT2D eigenvalue weighted by Crippen LogP contribution is -2.61. The third kappa shape index (κ3) is 17.6. The van der Waals surface area contributed by atoms with Crippen molar-refractivity contribution in [2.24, 2.45) is 17.2 Å². The van der Waals surface area contributed by atoms with Gasteiger partial charge in [0, 0.05) is 41.4 Å². The van der Waals surface area contributed by atoms with Crippen LogP contribution < -0.4 is 54.4 Å². The number of rotatable bonds is 29. The quantitative estimate of drug-likeness (QED) is 0.0197. The molecule has 0 radical (unpaired) electrons. The second kappa shape index (κ2) is 29.0. The molecule has 1 aromatic heterocycles. The summed E-state index contributed by atoms with van der Waals surface area (Å²) in [5.41, 5.74) is 19.8. The Morgan fingerprint density at radius 2 is 1.08 bits per heavy atom. The first-order valence-electron chi connectivity index (χ1n) is 23.1. The zero-order valence-corrected chi connectivity index (χ0v) is 41.4. The lowest BCUT2D eigenvalue weighted by atomic mass is 10.0. The predicted octanol–water partition coefficient (Wildman–Crippen LogP) is -2.53. The van der Waals surface area contributed by atoms with E-state index in [0.29, 0.717) is 24.0 Å². The van der Waals surface area contributed by atoms with E-state index in [0.717, 1.165) is 16.5 Å². The van der Waals surface area contributed by atoms with Gasteiger partial charge in [-0.15, -0.1) is 0 Å². The van der Waals surface area contributed by atoms with Gasteiger partial charge in [-0.1, -0.05) is 60.7 Å². The highest BCUT2D eigenvalue weighted by atomic mass is 32.1. The molecule has 22 nitrogen and oxygen atoms in total. The number of benzene rings is 3. The van der Waals surface area contributed by atoms with Crippen LogP contribution in [0.3, 0.4) is 0 Å². The average Bonchev–Trinajstić information content (AvgIpc) is 3.77. The first kappa shape index (κ1) is 57.9. The zero-order chi connectivity index (χ0) is 52.9. The fraction of sp³-hybridized carbons (Fsp3) is 0.417. The SMILES string of the molecule is CC(O)C(NC(=O)C(CS)NC(=O)C(CO)NC(=O)C(CCCCN)NC(=O)C(Cc1c[nH]c2ccccc12)NC(=O)C(Cc1ccc(O)cc1)NC(=O)C(CS)NC(=O)C(N)Cc1ccccc1)C(N)=O. The Morgan fingerprint density at radius 3 is 1.67 bits per heavy atom. The summed E-state index contributed by atoms with van der Waals surface area (Å²) >= 11 is 8.38. The number of aliphatic hydroxyl groups excluding tert-OH is 2. The summed E-state index contributed by atoms with van der Waals surface area (Å²) < 4.78 is 0. The number of phenols is 1. The number of carbonyl (C=O) groups excluding carboxylic acids is 8. The number of nitrogens with two attached hydrogens (primary N) is 3. The lowest BCUT2D eigenvalue weighted by molar-refractivity contribution is -0.136. The normalized spacial score (nSPS) is 14.9. The summed E-state index contributed by atoms with van der Waals surface area (Å²) in [6, 6.07) is 11.0. The molecule has 1 heterocycles. The van der Waals surface area contributed by atoms with Gasteiger partial charge in [-0.3, -0.25) is 38.4 Å². The first-order valence-corrected chi connectivity index (χ1v) is 24.4. The van der Waals surface area contributed by atoms with Crippen LogP contribution in [0.4, 0.5) is 0 Å². The average molecular weight is 1040 g/mol. The van der Waals surface area contributed by atoms with Gasteiger partial charge in [0.2, 0.25) is 47.3 Å². The van der Waals surface area contributed by atoms with Crippen molar-refractivity contribution in [2.75, 3.05) is 24.7 Å². The van der Waals surface area contributed by atoms with E-state index in [1.165, 1.54) is 31.2 Å². The van der Waals surface area contributed by atoms with E-state index >= 15 is 0 Å². The molecule has 0 fully saturated rings. The molecule has 0 bridgehead atoms. The lowest BCUT2D eigenvalue weighted by Gasteiger charge is -2.27. The monoisotopic (exact) mass is 1040 g/mol. The molecule has 8 amide bonds. The molecule has 390 valence electrons. The maximum absolute atomic E-state index is 14.6. The second-order valence-corrected chi connectivity index (χ2v) is 17.8. The third-order valence-electron chi connectivity index (χ3n) is 11.5. The van der Waals surface area contributed by atoms with Crippen molar-refractivity contribution in [3.05, 3.63) is 102 Å². The Hall–Kier alpha value is -6.70. The molecule has 9 atom stereocenters. The number of hydrogen-bond donors (Lipinski definition) is 16. The summed E-state index contributed by atoms with van der Waals surface area (Å²) in [6.07, 6.45) is 0.847. The maximum Gasteiger partial charge on any atom is 0.245 e. The van der Waals surface area contributed by atoms with Crippen molar-refractivity contribution in [2.45, 2.75) is 99.9 Å². The highest BCUT2D eigenvalue weighted by Gasteiger charge is 2.35. The number of amides is 8. The number of para-hydroxylation sites is 1. The van der Waals surface area contributed by atoms with Crippen molar-refractivity contribution < 1.29 is 53.7 Å². The fourth-order valence-corrected chi connectivity index (χ4v) is 7.95. The number of fused-ring (bicyclic) bond motifs is 1. The Labute approximate surface area is 427 Å². The van der Waals surface area contributed by atoms with Crippen LogP contribution in [0.15, 0.2) is 85.1 Å². The van der Waals surface area contributed by atoms with Crippen molar-refractivity contribution in [3.63, 3.8) is 0 Å². The van der Waals surface area contributed by atoms with Crippen LogP contribution >= 0.6 is 25.3 Å². The number of aromatic hydroxyl groups is 1. The molecule has 17 N–H and O–H groups in total. The minimum absolute atomic E-state index is 0.0246. The van der Waals surface area contributed by atoms with Gasteiger partial charge in [-0.2, -0.15) is 25.3 Å². The van der Waals surface area contributed by atoms with E-state index in [1.54, 1.807) is 48.7 Å². The smallest absolute Gasteiger partial charge is 0.245 e. The van der Waals surface area contributed by atoms with E-state index in [4.69, 9.17) is 17.2 Å². The zero-order valence-electron chi connectivity index (χ0n) is 39.6. The first-order chi connectivity index (χ1) is 34.4. The van der Waals surface area contributed by atoms with Gasteiger partial charge in [0.05, 0.1) is 18.8 Å². The molecule has 72 heavy (non-hydrogen) atoms. The molecule has 0 aliphatic rings. The Morgan fingerprint density at radius 1 is 0.597 bits per heavy atom. The summed E-state index contributed by atoms with van der Waals surface area (Å²) in [7, 11) is 0. The van der Waals surface area contributed by atoms with Crippen LogP contribution in [0.1, 0.15) is 42.9 Å². The largest absolute Gasteiger partial charge is 0.508 e. The van der Waals surface area contributed by atoms with Crippen molar-refractivity contribution >= 4 is 83.4 Å². The summed E-state index contributed by atoms with van der Waals surface area (Å²) in [4.78, 5) is 111. The summed E-state index contributed by atoms with van der Waals surface area (Å²) in [6.45, 7) is 0.481. The number of aromatic nitrogens is 1. The third-order valence-corrected chi connectivity index (χ3v) is 12.2. The van der Waals surface area contributed by atoms with Crippen LogP contribution in [0.5, 0.6) is 5.75 Å². The summed E-state index contributed by atoms with van der Waals surface area (Å²) in [5.74, 6) is -7.66. The van der Waals surface area contributed by atoms with Crippen LogP contribution in [-0.4, -0.2) is 147 Å². The topological polar surface area (TPSA) is 375 Å². The van der Waals surface area contributed by atoms with Crippen molar-refractivity contribution in [1.82, 2.24) is 42.2 Å². The standard InChI is InChI=1S/C48H65N11O11S2/c1-26(61)40(41(51)63)59-48(70)39(25-72)58-46(68)37(23-60)56-43(65)34(13-7-8-18-49)53-45(67)36(21-29-22-52-33-12-6-5-11-31(29)33)55-44(66)35(20-28-14-16-30(62)17-15-28)54-47(69)38(24-71)57-42(64)32(50)19-27-9-3-2-4-10-27/h2-6,9-12,14-17,22,26,32,34-40,52,60-62,71-72H,7-8,13,18-21,23-25,49-50H2,1H3,(H2,51,63)(H,53,67)(H,54,69)(H,55,66)(H,56,65)(H,57,64)(H,58,68)(H,59,70). The number of primary amides is 1. The molecular weight excluding hydrogens is 971 g/mol. The van der Waals surface area contributed by atoms with Crippen molar-refractivity contribution in [3.8, 4) is 5.75 Å². The Kier molecular flexibility index (Phi) is 23.3. The number of aliphatic hydroxyl groups is 2. The minimum atomic E-state index is -1.68. The molecule has 3 aromatic carbocycles. The molecule has 0 saturated heterocycles. The van der Waals surface area contributed by atoms with Gasteiger partial charge < -0.3 is 74.7 Å². The molecular formula is C48H65N11O11S2. The number of aromatic amines is 1. The molecule has 0 aliphatic heterocycles.